The largest absolute Gasteiger partial charge is 0.388 e. The maximum Gasteiger partial charge on any atom is 0.271 e. The van der Waals surface area contributed by atoms with Gasteiger partial charge in [0.1, 0.15) is 5.69 Å². The first-order valence-electron chi connectivity index (χ1n) is 7.09. The van der Waals surface area contributed by atoms with Gasteiger partial charge in [0.05, 0.1) is 5.60 Å². The number of carbonyl (C=O) groups is 1. The molecular formula is C14H21N3O3. The summed E-state index contributed by atoms with van der Waals surface area (Å²) in [5.74, 6) is 0.305. The summed E-state index contributed by atoms with van der Waals surface area (Å²) in [7, 11) is 0. The van der Waals surface area contributed by atoms with E-state index in [2.05, 4.69) is 22.4 Å². The number of nitrogens with zero attached hydrogens (tertiary/aromatic N) is 1. The fraction of sp³-hybridized carbons (Fsp3) is 0.643. The second-order valence-electron chi connectivity index (χ2n) is 5.57. The van der Waals surface area contributed by atoms with Crippen molar-refractivity contribution in [3.8, 4) is 0 Å². The van der Waals surface area contributed by atoms with E-state index in [0.29, 0.717) is 18.8 Å². The van der Waals surface area contributed by atoms with E-state index in [9.17, 15) is 14.7 Å². The highest BCUT2D eigenvalue weighted by Crippen LogP contribution is 2.33. The number of aromatic nitrogens is 2. The van der Waals surface area contributed by atoms with Crippen LogP contribution < -0.4 is 10.9 Å². The van der Waals surface area contributed by atoms with Gasteiger partial charge in [0.15, 0.2) is 0 Å². The minimum absolute atomic E-state index is 0.149. The molecule has 0 aromatic carbocycles. The quantitative estimate of drug-likeness (QED) is 0.760. The Balaban J connectivity index is 1.87. The Bertz CT molecular complexity index is 498. The van der Waals surface area contributed by atoms with Gasteiger partial charge in [-0.3, -0.25) is 9.59 Å². The molecule has 1 saturated carbocycles. The molecule has 0 unspecified atom stereocenters. The van der Waals surface area contributed by atoms with E-state index in [0.717, 1.165) is 19.3 Å². The summed E-state index contributed by atoms with van der Waals surface area (Å²) in [6.07, 6.45) is 4.57. The van der Waals surface area contributed by atoms with Gasteiger partial charge in [-0.25, -0.2) is 5.10 Å². The highest BCUT2D eigenvalue weighted by atomic mass is 16.3. The minimum Gasteiger partial charge on any atom is -0.388 e. The van der Waals surface area contributed by atoms with Gasteiger partial charge in [0.25, 0.3) is 11.5 Å². The molecule has 1 fully saturated rings. The predicted molar refractivity (Wildman–Crippen MR) is 74.4 cm³/mol. The Hall–Kier alpha value is -1.69. The number of hydrogen-bond acceptors (Lipinski definition) is 4. The third kappa shape index (κ3) is 3.66. The summed E-state index contributed by atoms with van der Waals surface area (Å²) >= 11 is 0. The second-order valence-corrected chi connectivity index (χ2v) is 5.57. The molecule has 1 aromatic rings. The van der Waals surface area contributed by atoms with Crippen molar-refractivity contribution in [1.29, 1.82) is 0 Å². The van der Waals surface area contributed by atoms with E-state index in [1.807, 2.05) is 0 Å². The summed E-state index contributed by atoms with van der Waals surface area (Å²) in [6, 6.07) is 2.62. The van der Waals surface area contributed by atoms with Crippen LogP contribution in [-0.4, -0.2) is 33.4 Å². The first-order valence-corrected chi connectivity index (χ1v) is 7.09. The maximum atomic E-state index is 11.9. The van der Waals surface area contributed by atoms with Gasteiger partial charge in [0.2, 0.25) is 0 Å². The summed E-state index contributed by atoms with van der Waals surface area (Å²) in [6.45, 7) is 2.39. The SMILES string of the molecule is CCC1CCC(O)(CNC(=O)c2ccc(=O)[nH]n2)CC1. The van der Waals surface area contributed by atoms with Crippen LogP contribution >= 0.6 is 0 Å². The zero-order valence-corrected chi connectivity index (χ0v) is 11.7. The Morgan fingerprint density at radius 1 is 1.50 bits per heavy atom. The van der Waals surface area contributed by atoms with Crippen molar-refractivity contribution in [2.75, 3.05) is 6.54 Å². The summed E-state index contributed by atoms with van der Waals surface area (Å²) in [4.78, 5) is 22.7. The molecule has 0 spiro atoms. The molecule has 1 aliphatic carbocycles. The van der Waals surface area contributed by atoms with Crippen molar-refractivity contribution in [3.63, 3.8) is 0 Å². The van der Waals surface area contributed by atoms with Crippen LogP contribution in [0.4, 0.5) is 0 Å². The molecule has 6 nitrogen and oxygen atoms in total. The van der Waals surface area contributed by atoms with Crippen molar-refractivity contribution in [2.24, 2.45) is 5.92 Å². The van der Waals surface area contributed by atoms with Gasteiger partial charge in [0, 0.05) is 12.6 Å². The van der Waals surface area contributed by atoms with Crippen molar-refractivity contribution in [1.82, 2.24) is 15.5 Å². The number of nitrogens with one attached hydrogen (secondary N) is 2. The van der Waals surface area contributed by atoms with Crippen molar-refractivity contribution in [3.05, 3.63) is 28.2 Å². The Kier molecular flexibility index (Phi) is 4.54. The molecule has 0 aliphatic heterocycles. The van der Waals surface area contributed by atoms with Crippen molar-refractivity contribution < 1.29 is 9.90 Å². The van der Waals surface area contributed by atoms with E-state index in [-0.39, 0.29) is 23.7 Å². The number of carbonyl (C=O) groups excluding carboxylic acids is 1. The first kappa shape index (κ1) is 14.7. The molecular weight excluding hydrogens is 258 g/mol. The van der Waals surface area contributed by atoms with Gasteiger partial charge in [-0.1, -0.05) is 13.3 Å². The summed E-state index contributed by atoms with van der Waals surface area (Å²) < 4.78 is 0. The summed E-state index contributed by atoms with van der Waals surface area (Å²) in [5, 5.41) is 19.0. The lowest BCUT2D eigenvalue weighted by atomic mass is 9.78. The number of rotatable bonds is 4. The Labute approximate surface area is 117 Å². The highest BCUT2D eigenvalue weighted by Gasteiger charge is 2.32. The third-order valence-electron chi connectivity index (χ3n) is 4.10. The lowest BCUT2D eigenvalue weighted by molar-refractivity contribution is -0.00791. The van der Waals surface area contributed by atoms with Crippen LogP contribution in [0.5, 0.6) is 0 Å². The molecule has 1 aromatic heterocycles. The van der Waals surface area contributed by atoms with Gasteiger partial charge in [-0.15, -0.1) is 0 Å². The van der Waals surface area contributed by atoms with Crippen molar-refractivity contribution in [2.45, 2.75) is 44.6 Å². The van der Waals surface area contributed by atoms with Crippen LogP contribution in [-0.2, 0) is 0 Å². The topological polar surface area (TPSA) is 95.1 Å². The number of amides is 1. The van der Waals surface area contributed by atoms with E-state index in [1.54, 1.807) is 0 Å². The molecule has 20 heavy (non-hydrogen) atoms. The van der Waals surface area contributed by atoms with Crippen LogP contribution in [0.3, 0.4) is 0 Å². The number of hydrogen-bond donors (Lipinski definition) is 3. The van der Waals surface area contributed by atoms with Crippen LogP contribution in [0, 0.1) is 5.92 Å². The van der Waals surface area contributed by atoms with Gasteiger partial charge < -0.3 is 10.4 Å². The number of H-pyrrole nitrogens is 1. The lowest BCUT2D eigenvalue weighted by Gasteiger charge is -2.35. The van der Waals surface area contributed by atoms with Crippen LogP contribution in [0.15, 0.2) is 16.9 Å². The lowest BCUT2D eigenvalue weighted by Crippen LogP contribution is -2.45. The molecule has 1 heterocycles. The van der Waals surface area contributed by atoms with E-state index in [1.165, 1.54) is 12.1 Å². The molecule has 1 amide bonds. The average molecular weight is 279 g/mol. The molecule has 0 saturated heterocycles. The zero-order valence-electron chi connectivity index (χ0n) is 11.7. The number of aliphatic hydroxyl groups is 1. The van der Waals surface area contributed by atoms with Crippen LogP contribution in [0.25, 0.3) is 0 Å². The molecule has 6 heteroatoms. The molecule has 0 atom stereocenters. The second kappa shape index (κ2) is 6.17. The monoisotopic (exact) mass is 279 g/mol. The molecule has 0 radical (unpaired) electrons. The van der Waals surface area contributed by atoms with Gasteiger partial charge in [-0.2, -0.15) is 5.10 Å². The molecule has 110 valence electrons. The minimum atomic E-state index is -0.816. The molecule has 0 bridgehead atoms. The molecule has 2 rings (SSSR count). The Morgan fingerprint density at radius 2 is 2.20 bits per heavy atom. The number of aromatic amines is 1. The fourth-order valence-electron chi connectivity index (χ4n) is 2.61. The van der Waals surface area contributed by atoms with Crippen molar-refractivity contribution >= 4 is 5.91 Å². The zero-order chi connectivity index (χ0) is 14.6. The van der Waals surface area contributed by atoms with E-state index >= 15 is 0 Å². The maximum absolute atomic E-state index is 11.9. The molecule has 3 N–H and O–H groups in total. The average Bonchev–Trinajstić information content (AvgIpc) is 2.46. The Morgan fingerprint density at radius 3 is 2.75 bits per heavy atom. The first-order chi connectivity index (χ1) is 9.52. The smallest absolute Gasteiger partial charge is 0.271 e. The van der Waals surface area contributed by atoms with Crippen LogP contribution in [0.2, 0.25) is 0 Å². The van der Waals surface area contributed by atoms with Gasteiger partial charge >= 0.3 is 0 Å². The highest BCUT2D eigenvalue weighted by molar-refractivity contribution is 5.92. The van der Waals surface area contributed by atoms with Crippen LogP contribution in [0.1, 0.15) is 49.5 Å². The predicted octanol–water partition coefficient (Wildman–Crippen LogP) is 0.831. The fourth-order valence-corrected chi connectivity index (χ4v) is 2.61. The summed E-state index contributed by atoms with van der Waals surface area (Å²) in [5.41, 5.74) is -1.02. The van der Waals surface area contributed by atoms with E-state index in [4.69, 9.17) is 0 Å². The standard InChI is InChI=1S/C14H21N3O3/c1-2-10-5-7-14(20,8-6-10)9-15-13(19)11-3-4-12(18)17-16-11/h3-4,10,20H,2,5-9H2,1H3,(H,15,19)(H,17,18). The van der Waals surface area contributed by atoms with E-state index < -0.39 is 5.60 Å². The molecule has 1 aliphatic rings. The van der Waals surface area contributed by atoms with Gasteiger partial charge in [-0.05, 0) is 37.7 Å². The third-order valence-corrected chi connectivity index (χ3v) is 4.10. The normalized spacial score (nSPS) is 26.2.